The topological polar surface area (TPSA) is 98.5 Å². The monoisotopic (exact) mass is 368 g/mol. The van der Waals surface area contributed by atoms with Crippen molar-refractivity contribution in [3.63, 3.8) is 0 Å². The fourth-order valence-corrected chi connectivity index (χ4v) is 2.62. The van der Waals surface area contributed by atoms with E-state index in [0.717, 1.165) is 10.9 Å². The van der Waals surface area contributed by atoms with Crippen LogP contribution in [0.25, 0.3) is 0 Å². The number of carbonyl (C=O) groups is 2. The van der Waals surface area contributed by atoms with Gasteiger partial charge in [0, 0.05) is 10.9 Å². The zero-order valence-corrected chi connectivity index (χ0v) is 14.1. The molecular weight excluding hydrogens is 356 g/mol. The maximum absolute atomic E-state index is 12.0. The number of ether oxygens (including phenoxy) is 1. The van der Waals surface area contributed by atoms with E-state index in [1.54, 1.807) is 0 Å². The largest absolute Gasteiger partial charge is 0.449 e. The molecule has 1 amide bonds. The number of nitrogens with one attached hydrogen (secondary N) is 1. The Hall–Kier alpha value is -2.45. The zero-order chi connectivity index (χ0) is 17.7. The summed E-state index contributed by atoms with van der Waals surface area (Å²) in [5.41, 5.74) is -0.454. The molecule has 0 radical (unpaired) electrons. The standard InChI is InChI=1S/C15H13ClN2O5S/c1-9(14(19)17-8-11-3-2-6-24-11)23-15(20)10-4-5-12(16)13(7-10)18(21)22/h2-7,9H,8H2,1H3,(H,17,19). The first-order chi connectivity index (χ1) is 11.4. The smallest absolute Gasteiger partial charge is 0.339 e. The third kappa shape index (κ3) is 4.53. The molecule has 0 aliphatic rings. The molecule has 24 heavy (non-hydrogen) atoms. The lowest BCUT2D eigenvalue weighted by molar-refractivity contribution is -0.384. The molecule has 0 aliphatic heterocycles. The minimum atomic E-state index is -1.04. The normalized spacial score (nSPS) is 11.6. The molecule has 7 nitrogen and oxygen atoms in total. The number of amides is 1. The van der Waals surface area contributed by atoms with Crippen LogP contribution >= 0.6 is 22.9 Å². The van der Waals surface area contributed by atoms with Gasteiger partial charge in [0.2, 0.25) is 0 Å². The quantitative estimate of drug-likeness (QED) is 0.479. The van der Waals surface area contributed by atoms with Crippen LogP contribution in [0.1, 0.15) is 22.2 Å². The number of benzene rings is 1. The minimum Gasteiger partial charge on any atom is -0.449 e. The van der Waals surface area contributed by atoms with Gasteiger partial charge in [-0.2, -0.15) is 0 Å². The fourth-order valence-electron chi connectivity index (χ4n) is 1.79. The first-order valence-corrected chi connectivity index (χ1v) is 8.09. The van der Waals surface area contributed by atoms with E-state index in [0.29, 0.717) is 6.54 Å². The second kappa shape index (κ2) is 7.89. The molecule has 1 N–H and O–H groups in total. The van der Waals surface area contributed by atoms with Crippen molar-refractivity contribution in [3.8, 4) is 0 Å². The van der Waals surface area contributed by atoms with Crippen LogP contribution < -0.4 is 5.32 Å². The zero-order valence-electron chi connectivity index (χ0n) is 12.5. The molecule has 2 aromatic rings. The highest BCUT2D eigenvalue weighted by atomic mass is 35.5. The second-order valence-electron chi connectivity index (χ2n) is 4.77. The minimum absolute atomic E-state index is 0.0518. The molecule has 2 rings (SSSR count). The van der Waals surface area contributed by atoms with Crippen LogP contribution in [0.3, 0.4) is 0 Å². The number of esters is 1. The van der Waals surface area contributed by atoms with Gasteiger partial charge < -0.3 is 10.1 Å². The van der Waals surface area contributed by atoms with Crippen molar-refractivity contribution >= 4 is 40.5 Å². The number of nitro benzene ring substituents is 1. The van der Waals surface area contributed by atoms with Crippen molar-refractivity contribution in [2.45, 2.75) is 19.6 Å². The number of hydrogen-bond acceptors (Lipinski definition) is 6. The Morgan fingerprint density at radius 2 is 2.17 bits per heavy atom. The maximum atomic E-state index is 12.0. The number of hydrogen-bond donors (Lipinski definition) is 1. The van der Waals surface area contributed by atoms with Gasteiger partial charge >= 0.3 is 5.97 Å². The van der Waals surface area contributed by atoms with E-state index in [1.807, 2.05) is 17.5 Å². The van der Waals surface area contributed by atoms with Crippen molar-refractivity contribution in [2.24, 2.45) is 0 Å². The van der Waals surface area contributed by atoms with E-state index >= 15 is 0 Å². The fraction of sp³-hybridized carbons (Fsp3) is 0.200. The maximum Gasteiger partial charge on any atom is 0.339 e. The van der Waals surface area contributed by atoms with Gasteiger partial charge in [-0.15, -0.1) is 11.3 Å². The molecule has 0 spiro atoms. The van der Waals surface area contributed by atoms with Gasteiger partial charge in [0.1, 0.15) is 5.02 Å². The average Bonchev–Trinajstić information content (AvgIpc) is 3.05. The van der Waals surface area contributed by atoms with Crippen LogP contribution in [0.4, 0.5) is 5.69 Å². The molecule has 0 saturated heterocycles. The molecule has 0 saturated carbocycles. The first kappa shape index (κ1) is 17.9. The third-order valence-corrected chi connectivity index (χ3v) is 4.24. The number of halogens is 1. The van der Waals surface area contributed by atoms with Gasteiger partial charge in [-0.25, -0.2) is 4.79 Å². The van der Waals surface area contributed by atoms with Gasteiger partial charge in [-0.3, -0.25) is 14.9 Å². The van der Waals surface area contributed by atoms with Crippen molar-refractivity contribution in [2.75, 3.05) is 0 Å². The predicted octanol–water partition coefficient (Wildman–Crippen LogP) is 3.17. The van der Waals surface area contributed by atoms with Crippen molar-refractivity contribution < 1.29 is 19.2 Å². The van der Waals surface area contributed by atoms with Gasteiger partial charge in [0.15, 0.2) is 6.10 Å². The first-order valence-electron chi connectivity index (χ1n) is 6.83. The molecule has 0 aliphatic carbocycles. The summed E-state index contributed by atoms with van der Waals surface area (Å²) in [7, 11) is 0. The Kier molecular flexibility index (Phi) is 5.88. The highest BCUT2D eigenvalue weighted by molar-refractivity contribution is 7.09. The van der Waals surface area contributed by atoms with Crippen LogP contribution in [0.15, 0.2) is 35.7 Å². The number of thiophene rings is 1. The number of carbonyl (C=O) groups excluding carboxylic acids is 2. The highest BCUT2D eigenvalue weighted by Crippen LogP contribution is 2.25. The molecule has 9 heteroatoms. The number of nitro groups is 1. The Bertz CT molecular complexity index is 763. The molecule has 1 aromatic carbocycles. The van der Waals surface area contributed by atoms with Crippen LogP contribution in [-0.2, 0) is 16.1 Å². The lowest BCUT2D eigenvalue weighted by Gasteiger charge is -2.13. The van der Waals surface area contributed by atoms with Crippen LogP contribution in [0.2, 0.25) is 5.02 Å². The Balaban J connectivity index is 1.96. The van der Waals surface area contributed by atoms with Gasteiger partial charge in [0.25, 0.3) is 11.6 Å². The molecule has 1 atom stereocenters. The summed E-state index contributed by atoms with van der Waals surface area (Å²) in [5.74, 6) is -1.30. The van der Waals surface area contributed by atoms with Crippen molar-refractivity contribution in [1.82, 2.24) is 5.32 Å². The summed E-state index contributed by atoms with van der Waals surface area (Å²) in [6.07, 6.45) is -1.04. The predicted molar refractivity (Wildman–Crippen MR) is 89.1 cm³/mol. The summed E-state index contributed by atoms with van der Waals surface area (Å²) in [6.45, 7) is 1.76. The third-order valence-electron chi connectivity index (χ3n) is 3.05. The average molecular weight is 369 g/mol. The summed E-state index contributed by atoms with van der Waals surface area (Å²) >= 11 is 7.18. The van der Waals surface area contributed by atoms with Gasteiger partial charge in [-0.1, -0.05) is 17.7 Å². The Morgan fingerprint density at radius 3 is 2.79 bits per heavy atom. The molecule has 1 aromatic heterocycles. The van der Waals surface area contributed by atoms with Crippen molar-refractivity contribution in [3.05, 3.63) is 61.3 Å². The summed E-state index contributed by atoms with van der Waals surface area (Å²) in [4.78, 5) is 35.0. The van der Waals surface area contributed by atoms with Gasteiger partial charge in [-0.05, 0) is 30.5 Å². The number of rotatable bonds is 6. The summed E-state index contributed by atoms with van der Waals surface area (Å²) < 4.78 is 5.03. The summed E-state index contributed by atoms with van der Waals surface area (Å²) in [5, 5.41) is 15.3. The molecule has 0 bridgehead atoms. The van der Waals surface area contributed by atoms with Crippen molar-refractivity contribution in [1.29, 1.82) is 0 Å². The second-order valence-corrected chi connectivity index (χ2v) is 6.21. The van der Waals surface area contributed by atoms with Crippen LogP contribution in [-0.4, -0.2) is 22.9 Å². The number of nitrogens with zero attached hydrogens (tertiary/aromatic N) is 1. The lowest BCUT2D eigenvalue weighted by atomic mass is 10.2. The molecular formula is C15H13ClN2O5S. The SMILES string of the molecule is CC(OC(=O)c1ccc(Cl)c([N+](=O)[O-])c1)C(=O)NCc1cccs1. The molecule has 1 unspecified atom stereocenters. The Morgan fingerprint density at radius 1 is 1.42 bits per heavy atom. The highest BCUT2D eigenvalue weighted by Gasteiger charge is 2.21. The van der Waals surface area contributed by atoms with E-state index in [4.69, 9.17) is 16.3 Å². The Labute approximate surface area is 146 Å². The van der Waals surface area contributed by atoms with E-state index in [2.05, 4.69) is 5.32 Å². The van der Waals surface area contributed by atoms with Gasteiger partial charge in [0.05, 0.1) is 17.0 Å². The molecule has 126 valence electrons. The van der Waals surface area contributed by atoms with E-state index in [1.165, 1.54) is 30.4 Å². The van der Waals surface area contributed by atoms with E-state index in [9.17, 15) is 19.7 Å². The van der Waals surface area contributed by atoms with E-state index in [-0.39, 0.29) is 10.6 Å². The van der Waals surface area contributed by atoms with Crippen LogP contribution in [0.5, 0.6) is 0 Å². The van der Waals surface area contributed by atoms with Crippen LogP contribution in [0, 0.1) is 10.1 Å². The lowest BCUT2D eigenvalue weighted by Crippen LogP contribution is -2.35. The van der Waals surface area contributed by atoms with E-state index < -0.39 is 28.6 Å². The molecule has 0 fully saturated rings. The summed E-state index contributed by atoms with van der Waals surface area (Å²) in [6, 6.07) is 7.28. The molecule has 1 heterocycles.